The first-order valence-electron chi connectivity index (χ1n) is 5.89. The van der Waals surface area contributed by atoms with Crippen LogP contribution in [0, 0.1) is 0 Å². The molecule has 3 N–H and O–H groups in total. The maximum absolute atomic E-state index is 8.64. The van der Waals surface area contributed by atoms with Crippen LogP contribution in [0.1, 0.15) is 12.6 Å². The predicted octanol–water partition coefficient (Wildman–Crippen LogP) is 0.551. The molecule has 0 saturated carbocycles. The molecule has 0 aliphatic heterocycles. The number of rotatable bonds is 8. The summed E-state index contributed by atoms with van der Waals surface area (Å²) in [5.74, 6) is 0. The number of thiocarbonyl (C=S) groups is 1. The van der Waals surface area contributed by atoms with E-state index >= 15 is 0 Å². The number of hydrogen-bond acceptors (Lipinski definition) is 5. The molecule has 0 bridgehead atoms. The fourth-order valence-electron chi connectivity index (χ4n) is 1.63. The third kappa shape index (κ3) is 4.21. The van der Waals surface area contributed by atoms with E-state index in [2.05, 4.69) is 9.88 Å². The van der Waals surface area contributed by atoms with Gasteiger partial charge >= 0.3 is 0 Å². The molecule has 1 aromatic heterocycles. The van der Waals surface area contributed by atoms with Crippen LogP contribution in [0.3, 0.4) is 0 Å². The molecule has 1 heterocycles. The molecule has 6 heteroatoms. The molecule has 0 saturated heterocycles. The standard InChI is InChI=1S/C12H19N3O2S/c1-2-15(6-8-17-9-7-16)10-4-3-5-14-11(10)12(13)18/h3-5,16H,2,6-9H2,1H3,(H2,13,18). The molecule has 0 unspecified atom stereocenters. The SMILES string of the molecule is CCN(CCOCCO)c1cccnc1C(N)=S. The Balaban J connectivity index is 2.72. The van der Waals surface area contributed by atoms with Crippen molar-refractivity contribution in [3.05, 3.63) is 24.0 Å². The Morgan fingerprint density at radius 3 is 2.94 bits per heavy atom. The molecule has 18 heavy (non-hydrogen) atoms. The Morgan fingerprint density at radius 1 is 1.56 bits per heavy atom. The minimum Gasteiger partial charge on any atom is -0.394 e. The highest BCUT2D eigenvalue weighted by atomic mass is 32.1. The minimum atomic E-state index is 0.0388. The van der Waals surface area contributed by atoms with Crippen LogP contribution < -0.4 is 10.6 Å². The summed E-state index contributed by atoms with van der Waals surface area (Å²) < 4.78 is 5.26. The zero-order chi connectivity index (χ0) is 13.4. The second-order valence-corrected chi connectivity index (χ2v) is 4.09. The van der Waals surface area contributed by atoms with Crippen LogP contribution in [0.25, 0.3) is 0 Å². The lowest BCUT2D eigenvalue weighted by atomic mass is 10.2. The van der Waals surface area contributed by atoms with Crippen molar-refractivity contribution in [2.45, 2.75) is 6.92 Å². The first kappa shape index (κ1) is 14.8. The summed E-state index contributed by atoms with van der Waals surface area (Å²) in [6.07, 6.45) is 1.67. The summed E-state index contributed by atoms with van der Waals surface area (Å²) >= 11 is 5.00. The van der Waals surface area contributed by atoms with Crippen LogP contribution >= 0.6 is 12.2 Å². The minimum absolute atomic E-state index is 0.0388. The molecule has 1 aromatic rings. The van der Waals surface area contributed by atoms with Crippen molar-refractivity contribution >= 4 is 22.9 Å². The predicted molar refractivity (Wildman–Crippen MR) is 75.9 cm³/mol. The van der Waals surface area contributed by atoms with Crippen molar-refractivity contribution in [3.63, 3.8) is 0 Å². The molecule has 0 radical (unpaired) electrons. The van der Waals surface area contributed by atoms with Gasteiger partial charge < -0.3 is 20.5 Å². The lowest BCUT2D eigenvalue weighted by molar-refractivity contribution is 0.0967. The second-order valence-electron chi connectivity index (χ2n) is 3.65. The van der Waals surface area contributed by atoms with Crippen LogP contribution in [0.5, 0.6) is 0 Å². The normalized spacial score (nSPS) is 10.3. The molecule has 0 fully saturated rings. The Kier molecular flexibility index (Phi) is 6.56. The largest absolute Gasteiger partial charge is 0.394 e. The van der Waals surface area contributed by atoms with Crippen molar-refractivity contribution in [1.29, 1.82) is 0 Å². The third-order valence-electron chi connectivity index (χ3n) is 2.48. The number of ether oxygens (including phenoxy) is 1. The molecule has 0 aromatic carbocycles. The quantitative estimate of drug-likeness (QED) is 0.530. The molecular formula is C12H19N3O2S. The van der Waals surface area contributed by atoms with Crippen LogP contribution in [0.15, 0.2) is 18.3 Å². The maximum atomic E-state index is 8.64. The fraction of sp³-hybridized carbons (Fsp3) is 0.500. The Bertz CT molecular complexity index is 387. The fourth-order valence-corrected chi connectivity index (χ4v) is 1.79. The summed E-state index contributed by atoms with van der Waals surface area (Å²) in [6.45, 7) is 4.49. The zero-order valence-electron chi connectivity index (χ0n) is 10.5. The van der Waals surface area contributed by atoms with Gasteiger partial charge in [-0.15, -0.1) is 0 Å². The van der Waals surface area contributed by atoms with Crippen molar-refractivity contribution in [3.8, 4) is 0 Å². The molecule has 100 valence electrons. The first-order valence-corrected chi connectivity index (χ1v) is 6.29. The molecular weight excluding hydrogens is 250 g/mol. The first-order chi connectivity index (χ1) is 8.70. The van der Waals surface area contributed by atoms with Crippen molar-refractivity contribution in [1.82, 2.24) is 4.98 Å². The van der Waals surface area contributed by atoms with E-state index in [1.54, 1.807) is 6.20 Å². The van der Waals surface area contributed by atoms with Crippen molar-refractivity contribution in [2.24, 2.45) is 5.73 Å². The van der Waals surface area contributed by atoms with Crippen LogP contribution in [0.2, 0.25) is 0 Å². The van der Waals surface area contributed by atoms with Gasteiger partial charge in [0.2, 0.25) is 0 Å². The van der Waals surface area contributed by atoms with Crippen LogP contribution in [-0.4, -0.2) is 48.0 Å². The summed E-state index contributed by atoms with van der Waals surface area (Å²) in [4.78, 5) is 6.59. The summed E-state index contributed by atoms with van der Waals surface area (Å²) in [5, 5.41) is 8.64. The Labute approximate surface area is 113 Å². The van der Waals surface area contributed by atoms with E-state index in [0.717, 1.165) is 12.2 Å². The Hall–Kier alpha value is -1.24. The van der Waals surface area contributed by atoms with Gasteiger partial charge in [-0.1, -0.05) is 12.2 Å². The van der Waals surface area contributed by atoms with Gasteiger partial charge in [0, 0.05) is 19.3 Å². The Morgan fingerprint density at radius 2 is 2.33 bits per heavy atom. The number of aromatic nitrogens is 1. The third-order valence-corrected chi connectivity index (χ3v) is 2.68. The van der Waals surface area contributed by atoms with Crippen molar-refractivity contribution < 1.29 is 9.84 Å². The summed E-state index contributed by atoms with van der Waals surface area (Å²) in [5.41, 5.74) is 7.21. The lowest BCUT2D eigenvalue weighted by Gasteiger charge is -2.24. The van der Waals surface area contributed by atoms with Gasteiger partial charge in [-0.05, 0) is 19.1 Å². The van der Waals surface area contributed by atoms with Gasteiger partial charge in [0.15, 0.2) is 0 Å². The van der Waals surface area contributed by atoms with Crippen LogP contribution in [-0.2, 0) is 4.74 Å². The van der Waals surface area contributed by atoms with E-state index in [0.29, 0.717) is 30.4 Å². The molecule has 0 amide bonds. The highest BCUT2D eigenvalue weighted by Gasteiger charge is 2.12. The van der Waals surface area contributed by atoms with Gasteiger partial charge in [-0.25, -0.2) is 0 Å². The number of aliphatic hydroxyl groups excluding tert-OH is 1. The van der Waals surface area contributed by atoms with Gasteiger partial charge in [-0.3, -0.25) is 4.98 Å². The molecule has 0 aliphatic carbocycles. The summed E-state index contributed by atoms with van der Waals surface area (Å²) in [6, 6.07) is 3.80. The van der Waals surface area contributed by atoms with E-state index in [-0.39, 0.29) is 6.61 Å². The number of anilines is 1. The average molecular weight is 269 g/mol. The van der Waals surface area contributed by atoms with Crippen LogP contribution in [0.4, 0.5) is 5.69 Å². The van der Waals surface area contributed by atoms with E-state index < -0.39 is 0 Å². The van der Waals surface area contributed by atoms with Gasteiger partial charge in [0.05, 0.1) is 25.5 Å². The smallest absolute Gasteiger partial charge is 0.124 e. The number of likely N-dealkylation sites (N-methyl/N-ethyl adjacent to an activating group) is 1. The molecule has 1 rings (SSSR count). The van der Waals surface area contributed by atoms with E-state index in [1.807, 2.05) is 19.1 Å². The number of hydrogen-bond donors (Lipinski definition) is 2. The van der Waals surface area contributed by atoms with Gasteiger partial charge in [0.1, 0.15) is 10.7 Å². The van der Waals surface area contributed by atoms with E-state index in [4.69, 9.17) is 27.8 Å². The highest BCUT2D eigenvalue weighted by Crippen LogP contribution is 2.17. The van der Waals surface area contributed by atoms with E-state index in [1.165, 1.54) is 0 Å². The maximum Gasteiger partial charge on any atom is 0.124 e. The number of nitrogens with zero attached hydrogens (tertiary/aromatic N) is 2. The number of pyridine rings is 1. The highest BCUT2D eigenvalue weighted by molar-refractivity contribution is 7.80. The zero-order valence-corrected chi connectivity index (χ0v) is 11.3. The molecule has 5 nitrogen and oxygen atoms in total. The monoisotopic (exact) mass is 269 g/mol. The van der Waals surface area contributed by atoms with Gasteiger partial charge in [0.25, 0.3) is 0 Å². The molecule has 0 aliphatic rings. The van der Waals surface area contributed by atoms with E-state index in [9.17, 15) is 0 Å². The second kappa shape index (κ2) is 7.97. The molecule has 0 atom stereocenters. The average Bonchev–Trinajstić information content (AvgIpc) is 2.39. The number of aliphatic hydroxyl groups is 1. The van der Waals surface area contributed by atoms with Gasteiger partial charge in [-0.2, -0.15) is 0 Å². The summed E-state index contributed by atoms with van der Waals surface area (Å²) in [7, 11) is 0. The number of nitrogens with two attached hydrogens (primary N) is 1. The topological polar surface area (TPSA) is 71.6 Å². The van der Waals surface area contributed by atoms with Crippen molar-refractivity contribution in [2.75, 3.05) is 37.8 Å². The molecule has 0 spiro atoms. The lowest BCUT2D eigenvalue weighted by Crippen LogP contribution is -2.30.